The summed E-state index contributed by atoms with van der Waals surface area (Å²) in [5.74, 6) is 2.14. The summed E-state index contributed by atoms with van der Waals surface area (Å²) in [6.45, 7) is 0.784. The van der Waals surface area contributed by atoms with Crippen molar-refractivity contribution in [3.05, 3.63) is 24.3 Å². The lowest BCUT2D eigenvalue weighted by atomic mass is 9.93. The number of hydrogen-bond acceptors (Lipinski definition) is 4. The minimum Gasteiger partial charge on any atom is -0.497 e. The summed E-state index contributed by atoms with van der Waals surface area (Å²) in [6.07, 6.45) is 6.13. The van der Waals surface area contributed by atoms with E-state index in [9.17, 15) is 13.2 Å². The van der Waals surface area contributed by atoms with E-state index in [-0.39, 0.29) is 16.7 Å². The van der Waals surface area contributed by atoms with Gasteiger partial charge in [-0.05, 0) is 68.2 Å². The number of nitrogens with zero attached hydrogens (tertiary/aromatic N) is 1. The number of methoxy groups -OCH3 is 1. The minimum absolute atomic E-state index is 0.0774. The number of rotatable bonds is 5. The Morgan fingerprint density at radius 3 is 2.33 bits per heavy atom. The molecule has 1 heterocycles. The van der Waals surface area contributed by atoms with E-state index in [0.29, 0.717) is 43.6 Å². The van der Waals surface area contributed by atoms with Crippen LogP contribution in [0.4, 0.5) is 0 Å². The van der Waals surface area contributed by atoms with Gasteiger partial charge in [0.25, 0.3) is 0 Å². The van der Waals surface area contributed by atoms with Gasteiger partial charge in [-0.25, -0.2) is 8.42 Å². The molecule has 6 nitrogen and oxygen atoms in total. The summed E-state index contributed by atoms with van der Waals surface area (Å²) < 4.78 is 32.2. The summed E-state index contributed by atoms with van der Waals surface area (Å²) in [5, 5.41) is 3.26. The zero-order valence-electron chi connectivity index (χ0n) is 15.8. The van der Waals surface area contributed by atoms with Crippen LogP contribution in [-0.2, 0) is 14.8 Å². The minimum atomic E-state index is -3.52. The van der Waals surface area contributed by atoms with Gasteiger partial charge in [-0.3, -0.25) is 4.79 Å². The van der Waals surface area contributed by atoms with E-state index in [1.165, 1.54) is 23.6 Å². The van der Waals surface area contributed by atoms with Crippen LogP contribution in [0.25, 0.3) is 0 Å². The number of ether oxygens (including phenoxy) is 1. The van der Waals surface area contributed by atoms with E-state index >= 15 is 0 Å². The van der Waals surface area contributed by atoms with E-state index in [4.69, 9.17) is 4.74 Å². The highest BCUT2D eigenvalue weighted by Crippen LogP contribution is 2.44. The molecule has 3 fully saturated rings. The van der Waals surface area contributed by atoms with E-state index in [1.807, 2.05) is 0 Å². The molecule has 1 aromatic carbocycles. The van der Waals surface area contributed by atoms with Crippen LogP contribution in [0, 0.1) is 17.8 Å². The van der Waals surface area contributed by atoms with Gasteiger partial charge in [-0.15, -0.1) is 0 Å². The molecule has 0 radical (unpaired) electrons. The number of carbonyl (C=O) groups excluding carboxylic acids is 1. The molecule has 1 aromatic rings. The van der Waals surface area contributed by atoms with Gasteiger partial charge in [0, 0.05) is 25.0 Å². The molecule has 27 heavy (non-hydrogen) atoms. The number of nitrogens with one attached hydrogen (secondary N) is 1. The molecular formula is C20H28N2O4S. The lowest BCUT2D eigenvalue weighted by molar-refractivity contribution is -0.127. The molecule has 1 saturated heterocycles. The zero-order valence-corrected chi connectivity index (χ0v) is 16.6. The fourth-order valence-corrected chi connectivity index (χ4v) is 6.45. The smallest absolute Gasteiger partial charge is 0.243 e. The van der Waals surface area contributed by atoms with Gasteiger partial charge in [-0.1, -0.05) is 6.42 Å². The van der Waals surface area contributed by atoms with Crippen molar-refractivity contribution in [2.75, 3.05) is 20.2 Å². The molecule has 2 bridgehead atoms. The number of carbonyl (C=O) groups is 1. The molecule has 1 N–H and O–H groups in total. The predicted octanol–water partition coefficient (Wildman–Crippen LogP) is 2.40. The van der Waals surface area contributed by atoms with Gasteiger partial charge in [0.05, 0.1) is 12.0 Å². The first-order valence-electron chi connectivity index (χ1n) is 9.92. The Bertz CT molecular complexity index is 785. The second-order valence-corrected chi connectivity index (χ2v) is 10.1. The number of hydrogen-bond donors (Lipinski definition) is 1. The molecular weight excluding hydrogens is 364 g/mol. The van der Waals surface area contributed by atoms with E-state index in [0.717, 1.165) is 12.3 Å². The molecule has 0 aromatic heterocycles. The van der Waals surface area contributed by atoms with Crippen molar-refractivity contribution >= 4 is 15.9 Å². The van der Waals surface area contributed by atoms with Crippen LogP contribution >= 0.6 is 0 Å². The molecule has 1 amide bonds. The third-order valence-electron chi connectivity index (χ3n) is 6.59. The average molecular weight is 393 g/mol. The van der Waals surface area contributed by atoms with Crippen LogP contribution in [0.3, 0.4) is 0 Å². The number of fused-ring (bicyclic) bond motifs is 2. The Kier molecular flexibility index (Phi) is 5.16. The SMILES string of the molecule is COc1ccc(S(=O)(=O)N2CCC(C(=O)N[C@H]3C[C@H]4CC[C@H]3C4)CC2)cc1. The van der Waals surface area contributed by atoms with Crippen LogP contribution in [0.2, 0.25) is 0 Å². The molecule has 0 spiro atoms. The first-order valence-corrected chi connectivity index (χ1v) is 11.4. The second kappa shape index (κ2) is 7.43. The number of amides is 1. The Labute approximate surface area is 161 Å². The van der Waals surface area contributed by atoms with Crippen molar-refractivity contribution in [3.8, 4) is 5.75 Å². The fourth-order valence-electron chi connectivity index (χ4n) is 4.98. The summed E-state index contributed by atoms with van der Waals surface area (Å²) in [7, 11) is -1.97. The largest absolute Gasteiger partial charge is 0.497 e. The van der Waals surface area contributed by atoms with Gasteiger partial charge in [0.1, 0.15) is 5.75 Å². The van der Waals surface area contributed by atoms with Crippen LogP contribution < -0.4 is 10.1 Å². The predicted molar refractivity (Wildman–Crippen MR) is 102 cm³/mol. The molecule has 2 saturated carbocycles. The van der Waals surface area contributed by atoms with Gasteiger partial charge in [0.15, 0.2) is 0 Å². The normalized spacial score (nSPS) is 29.0. The molecule has 148 valence electrons. The molecule has 3 atom stereocenters. The molecule has 2 aliphatic carbocycles. The van der Waals surface area contributed by atoms with Gasteiger partial charge >= 0.3 is 0 Å². The molecule has 7 heteroatoms. The van der Waals surface area contributed by atoms with Gasteiger partial charge in [-0.2, -0.15) is 4.31 Å². The second-order valence-electron chi connectivity index (χ2n) is 8.14. The first kappa shape index (κ1) is 18.7. The maximum absolute atomic E-state index is 12.8. The quantitative estimate of drug-likeness (QED) is 0.835. The van der Waals surface area contributed by atoms with E-state index < -0.39 is 10.0 Å². The van der Waals surface area contributed by atoms with Crippen LogP contribution in [0.1, 0.15) is 38.5 Å². The van der Waals surface area contributed by atoms with Crippen LogP contribution in [-0.4, -0.2) is 44.9 Å². The maximum Gasteiger partial charge on any atom is 0.243 e. The third-order valence-corrected chi connectivity index (χ3v) is 8.50. The summed E-state index contributed by atoms with van der Waals surface area (Å²) in [4.78, 5) is 12.9. The highest BCUT2D eigenvalue weighted by atomic mass is 32.2. The highest BCUT2D eigenvalue weighted by Gasteiger charge is 2.41. The Hall–Kier alpha value is -1.60. The molecule has 4 rings (SSSR count). The van der Waals surface area contributed by atoms with Gasteiger partial charge in [0.2, 0.25) is 15.9 Å². The van der Waals surface area contributed by atoms with E-state index in [2.05, 4.69) is 5.32 Å². The number of piperidine rings is 1. The van der Waals surface area contributed by atoms with Gasteiger partial charge < -0.3 is 10.1 Å². The molecule has 3 aliphatic rings. The first-order chi connectivity index (χ1) is 13.0. The van der Waals surface area contributed by atoms with Crippen molar-refractivity contribution < 1.29 is 17.9 Å². The molecule has 1 aliphatic heterocycles. The molecule has 0 unspecified atom stereocenters. The summed E-state index contributed by atoms with van der Waals surface area (Å²) >= 11 is 0. The highest BCUT2D eigenvalue weighted by molar-refractivity contribution is 7.89. The Morgan fingerprint density at radius 2 is 1.78 bits per heavy atom. The summed E-state index contributed by atoms with van der Waals surface area (Å²) in [6, 6.07) is 6.80. The maximum atomic E-state index is 12.8. The van der Waals surface area contributed by atoms with Crippen molar-refractivity contribution in [2.45, 2.75) is 49.5 Å². The average Bonchev–Trinajstić information content (AvgIpc) is 3.31. The van der Waals surface area contributed by atoms with Crippen molar-refractivity contribution in [1.29, 1.82) is 0 Å². The fraction of sp³-hybridized carbons (Fsp3) is 0.650. The Balaban J connectivity index is 1.33. The lowest BCUT2D eigenvalue weighted by Crippen LogP contribution is -2.46. The standard InChI is InChI=1S/C20H28N2O4S/c1-26-17-4-6-18(7-5-17)27(24,25)22-10-8-15(9-11-22)20(23)21-19-13-14-2-3-16(19)12-14/h4-7,14-16,19H,2-3,8-13H2,1H3,(H,21,23)/t14-,16-,19-/m0/s1. The van der Waals surface area contributed by atoms with Crippen LogP contribution in [0.15, 0.2) is 29.2 Å². The number of benzene rings is 1. The van der Waals surface area contributed by atoms with Crippen LogP contribution in [0.5, 0.6) is 5.75 Å². The lowest BCUT2D eigenvalue weighted by Gasteiger charge is -2.32. The third kappa shape index (κ3) is 3.72. The van der Waals surface area contributed by atoms with E-state index in [1.54, 1.807) is 31.4 Å². The topological polar surface area (TPSA) is 75.7 Å². The van der Waals surface area contributed by atoms with Crippen molar-refractivity contribution in [1.82, 2.24) is 9.62 Å². The zero-order chi connectivity index (χ0) is 19.0. The number of sulfonamides is 1. The van der Waals surface area contributed by atoms with Crippen molar-refractivity contribution in [2.24, 2.45) is 17.8 Å². The Morgan fingerprint density at radius 1 is 1.07 bits per heavy atom. The van der Waals surface area contributed by atoms with Crippen molar-refractivity contribution in [3.63, 3.8) is 0 Å². The summed E-state index contributed by atoms with van der Waals surface area (Å²) in [5.41, 5.74) is 0. The monoisotopic (exact) mass is 392 g/mol.